The fraction of sp³-hybridized carbons (Fsp3) is 0.571. The maximum absolute atomic E-state index is 6.21. The van der Waals surface area contributed by atoms with Crippen molar-refractivity contribution in [2.24, 2.45) is 5.73 Å². The summed E-state index contributed by atoms with van der Waals surface area (Å²) in [5.41, 5.74) is 10.0. The lowest BCUT2D eigenvalue weighted by molar-refractivity contribution is 0.580. The average molecular weight is 284 g/mol. The van der Waals surface area contributed by atoms with E-state index in [9.17, 15) is 0 Å². The Labute approximate surface area is 108 Å². The maximum atomic E-state index is 6.21. The molecule has 0 fully saturated rings. The summed E-state index contributed by atoms with van der Waals surface area (Å²) in [6.07, 6.45) is 4.85. The zero-order valence-corrected chi connectivity index (χ0v) is 12.1. The number of hydrogen-bond donors (Lipinski definition) is 1. The Morgan fingerprint density at radius 2 is 1.75 bits per heavy atom. The molecule has 2 N–H and O–H groups in total. The van der Waals surface area contributed by atoms with Gasteiger partial charge in [0, 0.05) is 10.5 Å². The van der Waals surface area contributed by atoms with E-state index in [1.165, 1.54) is 40.4 Å². The first-order valence-corrected chi connectivity index (χ1v) is 6.87. The van der Waals surface area contributed by atoms with Gasteiger partial charge in [0.2, 0.25) is 0 Å². The van der Waals surface area contributed by atoms with Gasteiger partial charge in [0.05, 0.1) is 0 Å². The number of halogens is 1. The summed E-state index contributed by atoms with van der Waals surface area (Å²) < 4.78 is 1.21. The standard InChI is InChI=1S/C14H22BrN/c1-4-5-6-7-13(16)12-8-10(2)14(15)11(3)9-12/h8-9,13H,4-7,16H2,1-3H3. The van der Waals surface area contributed by atoms with E-state index in [0.29, 0.717) is 0 Å². The SMILES string of the molecule is CCCCCC(N)c1cc(C)c(Br)c(C)c1. The highest BCUT2D eigenvalue weighted by atomic mass is 79.9. The topological polar surface area (TPSA) is 26.0 Å². The van der Waals surface area contributed by atoms with Gasteiger partial charge in [-0.15, -0.1) is 0 Å². The first-order valence-electron chi connectivity index (χ1n) is 6.08. The van der Waals surface area contributed by atoms with Crippen molar-refractivity contribution in [1.29, 1.82) is 0 Å². The molecule has 1 aromatic rings. The van der Waals surface area contributed by atoms with Crippen LogP contribution in [0.25, 0.3) is 0 Å². The van der Waals surface area contributed by atoms with Gasteiger partial charge in [0.25, 0.3) is 0 Å². The predicted octanol–water partition coefficient (Wildman–Crippen LogP) is 4.65. The summed E-state index contributed by atoms with van der Waals surface area (Å²) in [7, 11) is 0. The molecule has 0 saturated carbocycles. The number of aryl methyl sites for hydroxylation is 2. The predicted molar refractivity (Wildman–Crippen MR) is 74.7 cm³/mol. The van der Waals surface area contributed by atoms with Gasteiger partial charge in [-0.05, 0) is 37.0 Å². The first-order chi connectivity index (χ1) is 7.56. The van der Waals surface area contributed by atoms with E-state index in [1.54, 1.807) is 0 Å². The minimum Gasteiger partial charge on any atom is -0.324 e. The Kier molecular flexibility index (Phi) is 5.50. The summed E-state index contributed by atoms with van der Waals surface area (Å²) in [6, 6.07) is 4.60. The molecular weight excluding hydrogens is 262 g/mol. The Bertz CT molecular complexity index is 324. The summed E-state index contributed by atoms with van der Waals surface area (Å²) in [6.45, 7) is 6.47. The van der Waals surface area contributed by atoms with Crippen LogP contribution in [0.2, 0.25) is 0 Å². The van der Waals surface area contributed by atoms with Crippen LogP contribution < -0.4 is 5.73 Å². The molecule has 1 nitrogen and oxygen atoms in total. The quantitative estimate of drug-likeness (QED) is 0.783. The zero-order chi connectivity index (χ0) is 12.1. The number of rotatable bonds is 5. The zero-order valence-electron chi connectivity index (χ0n) is 10.5. The Hall–Kier alpha value is -0.340. The minimum atomic E-state index is 0.192. The molecule has 0 bridgehead atoms. The van der Waals surface area contributed by atoms with E-state index in [4.69, 9.17) is 5.73 Å². The molecule has 1 atom stereocenters. The Morgan fingerprint density at radius 1 is 1.19 bits per heavy atom. The molecule has 0 aromatic heterocycles. The molecule has 0 saturated heterocycles. The molecule has 90 valence electrons. The molecule has 0 aliphatic heterocycles. The fourth-order valence-electron chi connectivity index (χ4n) is 1.97. The molecule has 0 radical (unpaired) electrons. The van der Waals surface area contributed by atoms with Crippen LogP contribution in [-0.2, 0) is 0 Å². The van der Waals surface area contributed by atoms with Crippen LogP contribution in [0.15, 0.2) is 16.6 Å². The third-order valence-electron chi connectivity index (χ3n) is 3.01. The van der Waals surface area contributed by atoms with Crippen molar-refractivity contribution in [3.63, 3.8) is 0 Å². The lowest BCUT2D eigenvalue weighted by Crippen LogP contribution is -2.10. The van der Waals surface area contributed by atoms with Crippen molar-refractivity contribution >= 4 is 15.9 Å². The molecular formula is C14H22BrN. The van der Waals surface area contributed by atoms with E-state index in [1.807, 2.05) is 0 Å². The monoisotopic (exact) mass is 283 g/mol. The molecule has 1 unspecified atom stereocenters. The van der Waals surface area contributed by atoms with Gasteiger partial charge >= 0.3 is 0 Å². The van der Waals surface area contributed by atoms with Gasteiger partial charge in [-0.1, -0.05) is 54.2 Å². The maximum Gasteiger partial charge on any atom is 0.0295 e. The lowest BCUT2D eigenvalue weighted by Gasteiger charge is -2.14. The van der Waals surface area contributed by atoms with Gasteiger partial charge in [-0.25, -0.2) is 0 Å². The van der Waals surface area contributed by atoms with Crippen molar-refractivity contribution in [3.8, 4) is 0 Å². The number of benzene rings is 1. The van der Waals surface area contributed by atoms with Gasteiger partial charge in [-0.2, -0.15) is 0 Å². The number of nitrogens with two attached hydrogens (primary N) is 1. The second-order valence-corrected chi connectivity index (χ2v) is 5.36. The average Bonchev–Trinajstić information content (AvgIpc) is 2.25. The van der Waals surface area contributed by atoms with Crippen LogP contribution in [0.1, 0.15) is 55.3 Å². The van der Waals surface area contributed by atoms with Crippen LogP contribution in [-0.4, -0.2) is 0 Å². The van der Waals surface area contributed by atoms with E-state index in [-0.39, 0.29) is 6.04 Å². The molecule has 16 heavy (non-hydrogen) atoms. The second-order valence-electron chi connectivity index (χ2n) is 4.57. The molecule has 2 heteroatoms. The minimum absolute atomic E-state index is 0.192. The normalized spacial score (nSPS) is 12.8. The van der Waals surface area contributed by atoms with Gasteiger partial charge in [0.15, 0.2) is 0 Å². The van der Waals surface area contributed by atoms with Crippen LogP contribution in [0.3, 0.4) is 0 Å². The number of unbranched alkanes of at least 4 members (excludes halogenated alkanes) is 2. The van der Waals surface area contributed by atoms with Crippen molar-refractivity contribution in [2.45, 2.75) is 52.5 Å². The largest absolute Gasteiger partial charge is 0.324 e. The van der Waals surface area contributed by atoms with Crippen molar-refractivity contribution in [1.82, 2.24) is 0 Å². The van der Waals surface area contributed by atoms with Crippen LogP contribution in [0.4, 0.5) is 0 Å². The lowest BCUT2D eigenvalue weighted by atomic mass is 9.98. The third-order valence-corrected chi connectivity index (χ3v) is 4.26. The highest BCUT2D eigenvalue weighted by Crippen LogP contribution is 2.26. The summed E-state index contributed by atoms with van der Waals surface area (Å²) in [5, 5.41) is 0. The van der Waals surface area contributed by atoms with E-state index in [0.717, 1.165) is 6.42 Å². The van der Waals surface area contributed by atoms with Crippen molar-refractivity contribution in [3.05, 3.63) is 33.3 Å². The molecule has 0 heterocycles. The summed E-state index contributed by atoms with van der Waals surface area (Å²) in [4.78, 5) is 0. The molecule has 0 spiro atoms. The number of hydrogen-bond acceptors (Lipinski definition) is 1. The molecule has 0 aliphatic carbocycles. The van der Waals surface area contributed by atoms with Gasteiger partial charge in [-0.3, -0.25) is 0 Å². The highest BCUT2D eigenvalue weighted by Gasteiger charge is 2.09. The smallest absolute Gasteiger partial charge is 0.0295 e. The van der Waals surface area contributed by atoms with Gasteiger partial charge in [0.1, 0.15) is 0 Å². The summed E-state index contributed by atoms with van der Waals surface area (Å²) >= 11 is 3.59. The third kappa shape index (κ3) is 3.60. The summed E-state index contributed by atoms with van der Waals surface area (Å²) in [5.74, 6) is 0. The molecule has 1 aromatic carbocycles. The second kappa shape index (κ2) is 6.41. The van der Waals surface area contributed by atoms with E-state index < -0.39 is 0 Å². The van der Waals surface area contributed by atoms with Crippen molar-refractivity contribution in [2.75, 3.05) is 0 Å². The molecule has 0 aliphatic rings. The van der Waals surface area contributed by atoms with Crippen LogP contribution in [0, 0.1) is 13.8 Å². The Morgan fingerprint density at radius 3 is 2.25 bits per heavy atom. The van der Waals surface area contributed by atoms with Crippen molar-refractivity contribution < 1.29 is 0 Å². The molecule has 0 amide bonds. The highest BCUT2D eigenvalue weighted by molar-refractivity contribution is 9.10. The van der Waals surface area contributed by atoms with E-state index in [2.05, 4.69) is 48.8 Å². The first kappa shape index (κ1) is 13.7. The van der Waals surface area contributed by atoms with Crippen LogP contribution in [0.5, 0.6) is 0 Å². The van der Waals surface area contributed by atoms with Gasteiger partial charge < -0.3 is 5.73 Å². The van der Waals surface area contributed by atoms with E-state index >= 15 is 0 Å². The fourth-order valence-corrected chi connectivity index (χ4v) is 2.20. The van der Waals surface area contributed by atoms with Crippen LogP contribution >= 0.6 is 15.9 Å². The Balaban J connectivity index is 2.72. The molecule has 1 rings (SSSR count).